The SMILES string of the molecule is CC.O=C(COc1ccc(CO)cc1)N1CCC(Sc2ccc(F)c(F)c2)C1. The average molecular weight is 409 g/mol. The Morgan fingerprint density at radius 1 is 1.18 bits per heavy atom. The molecule has 152 valence electrons. The lowest BCUT2D eigenvalue weighted by atomic mass is 10.2. The van der Waals surface area contributed by atoms with E-state index in [1.807, 2.05) is 13.8 Å². The van der Waals surface area contributed by atoms with E-state index in [-0.39, 0.29) is 24.4 Å². The third-order valence-electron chi connectivity index (χ3n) is 4.16. The maximum absolute atomic E-state index is 13.3. The Morgan fingerprint density at radius 3 is 2.54 bits per heavy atom. The minimum Gasteiger partial charge on any atom is -0.484 e. The van der Waals surface area contributed by atoms with Crippen LogP contribution in [0.1, 0.15) is 25.8 Å². The maximum Gasteiger partial charge on any atom is 0.260 e. The summed E-state index contributed by atoms with van der Waals surface area (Å²) in [6.07, 6.45) is 0.792. The number of halogens is 2. The van der Waals surface area contributed by atoms with Crippen LogP contribution in [0.3, 0.4) is 0 Å². The minimum absolute atomic E-state index is 0.0377. The van der Waals surface area contributed by atoms with Crippen LogP contribution in [0.2, 0.25) is 0 Å². The van der Waals surface area contributed by atoms with Crippen LogP contribution in [0, 0.1) is 11.6 Å². The van der Waals surface area contributed by atoms with Gasteiger partial charge < -0.3 is 14.7 Å². The molecule has 0 radical (unpaired) electrons. The summed E-state index contributed by atoms with van der Waals surface area (Å²) < 4.78 is 31.8. The second-order valence-electron chi connectivity index (χ2n) is 6.03. The third-order valence-corrected chi connectivity index (χ3v) is 5.40. The van der Waals surface area contributed by atoms with Crippen molar-refractivity contribution in [1.82, 2.24) is 4.90 Å². The van der Waals surface area contributed by atoms with Gasteiger partial charge in [0, 0.05) is 23.2 Å². The number of benzene rings is 2. The molecule has 0 aliphatic carbocycles. The Bertz CT molecular complexity index is 771. The number of nitrogens with zero attached hydrogens (tertiary/aromatic N) is 1. The second kappa shape index (κ2) is 11.0. The molecule has 1 aliphatic heterocycles. The summed E-state index contributed by atoms with van der Waals surface area (Å²) in [6.45, 7) is 5.08. The van der Waals surface area contributed by atoms with E-state index in [4.69, 9.17) is 9.84 Å². The number of amides is 1. The Balaban J connectivity index is 0.00000136. The zero-order valence-corrected chi connectivity index (χ0v) is 16.8. The molecule has 0 aromatic heterocycles. The van der Waals surface area contributed by atoms with Gasteiger partial charge in [0.2, 0.25) is 0 Å². The van der Waals surface area contributed by atoms with Gasteiger partial charge in [-0.2, -0.15) is 0 Å². The first-order chi connectivity index (χ1) is 13.5. The molecular formula is C21H25F2NO3S. The normalized spacial score (nSPS) is 15.8. The first kappa shape index (κ1) is 22.2. The lowest BCUT2D eigenvalue weighted by Gasteiger charge is -2.17. The van der Waals surface area contributed by atoms with Crippen molar-refractivity contribution < 1.29 is 23.4 Å². The number of aliphatic hydroxyl groups is 1. The number of likely N-dealkylation sites (tertiary alicyclic amines) is 1. The molecule has 1 N–H and O–H groups in total. The zero-order valence-electron chi connectivity index (χ0n) is 16.0. The largest absolute Gasteiger partial charge is 0.484 e. The molecular weight excluding hydrogens is 384 g/mol. The van der Waals surface area contributed by atoms with Gasteiger partial charge in [-0.1, -0.05) is 26.0 Å². The van der Waals surface area contributed by atoms with Crippen molar-refractivity contribution in [3.63, 3.8) is 0 Å². The number of carbonyl (C=O) groups excluding carboxylic acids is 1. The second-order valence-corrected chi connectivity index (χ2v) is 7.41. The van der Waals surface area contributed by atoms with Crippen LogP contribution >= 0.6 is 11.8 Å². The van der Waals surface area contributed by atoms with E-state index < -0.39 is 11.6 Å². The number of hydrogen-bond acceptors (Lipinski definition) is 4. The first-order valence-electron chi connectivity index (χ1n) is 9.27. The van der Waals surface area contributed by atoms with Gasteiger partial charge in [0.05, 0.1) is 6.61 Å². The Morgan fingerprint density at radius 2 is 1.89 bits per heavy atom. The van der Waals surface area contributed by atoms with Crippen LogP contribution in [0.4, 0.5) is 8.78 Å². The third kappa shape index (κ3) is 6.21. The van der Waals surface area contributed by atoms with E-state index in [0.717, 1.165) is 18.1 Å². The lowest BCUT2D eigenvalue weighted by molar-refractivity contribution is -0.132. The van der Waals surface area contributed by atoms with E-state index in [1.165, 1.54) is 17.8 Å². The summed E-state index contributed by atoms with van der Waals surface area (Å²) in [5, 5.41) is 9.15. The number of carbonyl (C=O) groups is 1. The highest BCUT2D eigenvalue weighted by atomic mass is 32.2. The van der Waals surface area contributed by atoms with Crippen LogP contribution in [0.15, 0.2) is 47.4 Å². The molecule has 0 bridgehead atoms. The molecule has 0 saturated carbocycles. The van der Waals surface area contributed by atoms with Crippen LogP contribution in [0.25, 0.3) is 0 Å². The van der Waals surface area contributed by atoms with E-state index >= 15 is 0 Å². The zero-order chi connectivity index (χ0) is 20.5. The van der Waals surface area contributed by atoms with Gasteiger partial charge in [-0.05, 0) is 42.3 Å². The predicted molar refractivity (Wildman–Crippen MR) is 106 cm³/mol. The van der Waals surface area contributed by atoms with Crippen molar-refractivity contribution in [2.45, 2.75) is 37.0 Å². The standard InChI is InChI=1S/C19H19F2NO3S.C2H6/c20-17-6-5-15(9-18(17)21)26-16-7-8-22(10-16)19(24)12-25-14-3-1-13(11-23)2-4-14;1-2/h1-6,9,16,23H,7-8,10-12H2;1-2H3. The molecule has 1 amide bonds. The number of rotatable bonds is 6. The van der Waals surface area contributed by atoms with E-state index in [2.05, 4.69) is 0 Å². The molecule has 4 nitrogen and oxygen atoms in total. The summed E-state index contributed by atoms with van der Waals surface area (Å²) in [5.41, 5.74) is 0.778. The summed E-state index contributed by atoms with van der Waals surface area (Å²) in [6, 6.07) is 10.8. The molecule has 2 aromatic rings. The van der Waals surface area contributed by atoms with Gasteiger partial charge >= 0.3 is 0 Å². The van der Waals surface area contributed by atoms with Crippen LogP contribution < -0.4 is 4.74 Å². The number of thioether (sulfide) groups is 1. The monoisotopic (exact) mass is 409 g/mol. The van der Waals surface area contributed by atoms with Crippen molar-refractivity contribution in [2.24, 2.45) is 0 Å². The molecule has 1 fully saturated rings. The smallest absolute Gasteiger partial charge is 0.260 e. The number of aliphatic hydroxyl groups excluding tert-OH is 1. The molecule has 1 atom stereocenters. The quantitative estimate of drug-likeness (QED) is 0.775. The Labute approximate surface area is 168 Å². The first-order valence-corrected chi connectivity index (χ1v) is 10.1. The van der Waals surface area contributed by atoms with Gasteiger partial charge in [-0.25, -0.2) is 8.78 Å². The van der Waals surface area contributed by atoms with Crippen molar-refractivity contribution in [3.8, 4) is 5.75 Å². The lowest BCUT2D eigenvalue weighted by Crippen LogP contribution is -2.33. The van der Waals surface area contributed by atoms with Gasteiger partial charge in [-0.15, -0.1) is 11.8 Å². The fraction of sp³-hybridized carbons (Fsp3) is 0.381. The summed E-state index contributed by atoms with van der Waals surface area (Å²) in [4.78, 5) is 14.7. The summed E-state index contributed by atoms with van der Waals surface area (Å²) in [7, 11) is 0. The molecule has 1 heterocycles. The highest BCUT2D eigenvalue weighted by Crippen LogP contribution is 2.30. The van der Waals surface area contributed by atoms with Gasteiger partial charge in [0.25, 0.3) is 5.91 Å². The Hall–Kier alpha value is -2.12. The van der Waals surface area contributed by atoms with E-state index in [1.54, 1.807) is 35.2 Å². The fourth-order valence-electron chi connectivity index (χ4n) is 2.72. The van der Waals surface area contributed by atoms with Crippen molar-refractivity contribution >= 4 is 17.7 Å². The topological polar surface area (TPSA) is 49.8 Å². The maximum atomic E-state index is 13.3. The van der Waals surface area contributed by atoms with Crippen molar-refractivity contribution in [3.05, 3.63) is 59.7 Å². The average Bonchev–Trinajstić information content (AvgIpc) is 3.19. The molecule has 1 saturated heterocycles. The van der Waals surface area contributed by atoms with E-state index in [0.29, 0.717) is 23.7 Å². The minimum atomic E-state index is -0.860. The predicted octanol–water partition coefficient (Wildman–Crippen LogP) is 4.26. The van der Waals surface area contributed by atoms with E-state index in [9.17, 15) is 13.6 Å². The molecule has 7 heteroatoms. The summed E-state index contributed by atoms with van der Waals surface area (Å²) >= 11 is 1.45. The highest BCUT2D eigenvalue weighted by molar-refractivity contribution is 8.00. The van der Waals surface area contributed by atoms with Crippen LogP contribution in [0.5, 0.6) is 5.75 Å². The fourth-order valence-corrected chi connectivity index (χ4v) is 3.90. The molecule has 28 heavy (non-hydrogen) atoms. The molecule has 3 rings (SSSR count). The highest BCUT2D eigenvalue weighted by Gasteiger charge is 2.27. The molecule has 2 aromatic carbocycles. The van der Waals surface area contributed by atoms with Gasteiger partial charge in [-0.3, -0.25) is 4.79 Å². The molecule has 1 unspecified atom stereocenters. The Kier molecular flexibility index (Phi) is 8.73. The molecule has 1 aliphatic rings. The molecule has 0 spiro atoms. The van der Waals surface area contributed by atoms with Crippen molar-refractivity contribution in [1.29, 1.82) is 0 Å². The van der Waals surface area contributed by atoms with Gasteiger partial charge in [0.1, 0.15) is 5.75 Å². The van der Waals surface area contributed by atoms with Crippen LogP contribution in [-0.4, -0.2) is 40.9 Å². The van der Waals surface area contributed by atoms with Gasteiger partial charge in [0.15, 0.2) is 18.2 Å². The number of ether oxygens (including phenoxy) is 1. The van der Waals surface area contributed by atoms with Crippen LogP contribution in [-0.2, 0) is 11.4 Å². The number of hydrogen-bond donors (Lipinski definition) is 1. The summed E-state index contributed by atoms with van der Waals surface area (Å²) in [5.74, 6) is -1.25. The van der Waals surface area contributed by atoms with Crippen molar-refractivity contribution in [2.75, 3.05) is 19.7 Å².